The number of aliphatic imine (C=N–C) groups is 3. The molecule has 1 aromatic carbocycles. The molecule has 1 amide bonds. The molecule has 1 fully saturated rings. The van der Waals surface area contributed by atoms with E-state index in [0.29, 0.717) is 5.69 Å². The van der Waals surface area contributed by atoms with Crippen molar-refractivity contribution < 1.29 is 24.9 Å². The molecule has 4 rings (SSSR count). The molecule has 0 radical (unpaired) electrons. The normalized spacial score (nSPS) is 33.3. The van der Waals surface area contributed by atoms with Gasteiger partial charge in [0.15, 0.2) is 12.1 Å². The molecule has 5 atom stereocenters. The Morgan fingerprint density at radius 3 is 2.90 bits per heavy atom. The van der Waals surface area contributed by atoms with Gasteiger partial charge in [-0.3, -0.25) is 15.5 Å². The Morgan fingerprint density at radius 1 is 1.41 bits per heavy atom. The van der Waals surface area contributed by atoms with E-state index >= 15 is 0 Å². The fourth-order valence-electron chi connectivity index (χ4n) is 3.38. The largest absolute Gasteiger partial charge is 0.394 e. The average molecular weight is 514 g/mol. The molecule has 1 unspecified atom stereocenters. The van der Waals surface area contributed by atoms with Crippen LogP contribution in [0.15, 0.2) is 39.2 Å². The van der Waals surface area contributed by atoms with Gasteiger partial charge in [0.05, 0.1) is 6.61 Å². The van der Waals surface area contributed by atoms with E-state index in [1.807, 2.05) is 6.07 Å². The summed E-state index contributed by atoms with van der Waals surface area (Å²) in [4.78, 5) is 26.9. The van der Waals surface area contributed by atoms with Crippen molar-refractivity contribution in [2.45, 2.75) is 30.2 Å². The second-order valence-corrected chi connectivity index (χ2v) is 8.02. The van der Waals surface area contributed by atoms with Gasteiger partial charge in [-0.15, -0.1) is 0 Å². The summed E-state index contributed by atoms with van der Waals surface area (Å²) in [5.41, 5.74) is 5.18. The second kappa shape index (κ2) is 7.70. The van der Waals surface area contributed by atoms with E-state index in [9.17, 15) is 20.1 Å². The van der Waals surface area contributed by atoms with Crippen molar-refractivity contribution in [2.24, 2.45) is 20.7 Å². The highest BCUT2D eigenvalue weighted by Gasteiger charge is 2.52. The molecule has 29 heavy (non-hydrogen) atoms. The molecule has 3 aliphatic heterocycles. The van der Waals surface area contributed by atoms with Gasteiger partial charge >= 0.3 is 0 Å². The van der Waals surface area contributed by atoms with Crippen molar-refractivity contribution >= 4 is 52.1 Å². The van der Waals surface area contributed by atoms with E-state index < -0.39 is 42.7 Å². The zero-order valence-electron chi connectivity index (χ0n) is 15.0. The van der Waals surface area contributed by atoms with Crippen LogP contribution in [0.5, 0.6) is 0 Å². The first-order chi connectivity index (χ1) is 13.8. The van der Waals surface area contributed by atoms with Gasteiger partial charge in [0.2, 0.25) is 5.66 Å². The molecule has 154 valence electrons. The SMILES string of the molecule is NC1(C(=O)Nc2cccc(I)c2)N=CN=C2C1=NCN2[C@@H]1O[C@H](CO)[C@@H](O)[C@H]1O. The van der Waals surface area contributed by atoms with Gasteiger partial charge in [-0.05, 0) is 40.8 Å². The number of fused-ring (bicyclic) bond motifs is 1. The fraction of sp³-hybridized carbons (Fsp3) is 0.412. The van der Waals surface area contributed by atoms with Gasteiger partial charge in [0.25, 0.3) is 5.91 Å². The predicted octanol–water partition coefficient (Wildman–Crippen LogP) is -1.52. The van der Waals surface area contributed by atoms with Crippen LogP contribution in [0.4, 0.5) is 5.69 Å². The summed E-state index contributed by atoms with van der Waals surface area (Å²) >= 11 is 2.13. The minimum absolute atomic E-state index is 0.000409. The summed E-state index contributed by atoms with van der Waals surface area (Å²) in [7, 11) is 0. The summed E-state index contributed by atoms with van der Waals surface area (Å²) in [6.45, 7) is -0.455. The summed E-state index contributed by atoms with van der Waals surface area (Å²) < 4.78 is 6.48. The number of nitrogens with two attached hydrogens (primary N) is 1. The molecule has 0 saturated carbocycles. The van der Waals surface area contributed by atoms with Gasteiger partial charge in [-0.25, -0.2) is 9.98 Å². The van der Waals surface area contributed by atoms with Crippen LogP contribution in [0.3, 0.4) is 0 Å². The van der Waals surface area contributed by atoms with E-state index in [4.69, 9.17) is 10.5 Å². The lowest BCUT2D eigenvalue weighted by Gasteiger charge is -2.31. The highest BCUT2D eigenvalue weighted by atomic mass is 127. The first-order valence-corrected chi connectivity index (χ1v) is 9.85. The number of aliphatic hydroxyl groups is 3. The van der Waals surface area contributed by atoms with E-state index in [2.05, 4.69) is 42.9 Å². The van der Waals surface area contributed by atoms with Crippen LogP contribution in [0.2, 0.25) is 0 Å². The number of halogens is 1. The number of nitrogens with zero attached hydrogens (tertiary/aromatic N) is 4. The molecular formula is C17H19IN6O5. The van der Waals surface area contributed by atoms with E-state index in [0.717, 1.165) is 9.91 Å². The number of carbonyl (C=O) groups excluding carboxylic acids is 1. The van der Waals surface area contributed by atoms with Crippen LogP contribution < -0.4 is 11.1 Å². The zero-order chi connectivity index (χ0) is 20.8. The number of amides is 1. The maximum atomic E-state index is 12.9. The van der Waals surface area contributed by atoms with Gasteiger partial charge in [0.1, 0.15) is 37.0 Å². The first-order valence-electron chi connectivity index (χ1n) is 8.77. The molecule has 3 heterocycles. The quantitative estimate of drug-likeness (QED) is 0.305. The lowest BCUT2D eigenvalue weighted by atomic mass is 10.0. The number of nitrogens with one attached hydrogen (secondary N) is 1. The van der Waals surface area contributed by atoms with Crippen LogP contribution in [0, 0.1) is 3.57 Å². The molecule has 11 nitrogen and oxygen atoms in total. The van der Waals surface area contributed by atoms with Gasteiger partial charge < -0.3 is 30.3 Å². The maximum absolute atomic E-state index is 12.9. The molecule has 1 saturated heterocycles. The van der Waals surface area contributed by atoms with Crippen LogP contribution >= 0.6 is 22.6 Å². The van der Waals surface area contributed by atoms with E-state index in [-0.39, 0.29) is 18.2 Å². The maximum Gasteiger partial charge on any atom is 0.273 e. The molecule has 6 N–H and O–H groups in total. The van der Waals surface area contributed by atoms with Crippen LogP contribution in [-0.4, -0.2) is 87.5 Å². The summed E-state index contributed by atoms with van der Waals surface area (Å²) in [6, 6.07) is 7.20. The topological polar surface area (TPSA) is 165 Å². The second-order valence-electron chi connectivity index (χ2n) is 6.77. The minimum atomic E-state index is -1.81. The molecule has 0 bridgehead atoms. The number of benzene rings is 1. The third-order valence-corrected chi connectivity index (χ3v) is 5.59. The molecule has 12 heteroatoms. The third-order valence-electron chi connectivity index (χ3n) is 4.92. The van der Waals surface area contributed by atoms with Gasteiger partial charge in [-0.2, -0.15) is 0 Å². The Balaban J connectivity index is 1.55. The monoisotopic (exact) mass is 514 g/mol. The van der Waals surface area contributed by atoms with Crippen molar-refractivity contribution in [3.8, 4) is 0 Å². The number of hydrogen-bond donors (Lipinski definition) is 5. The highest BCUT2D eigenvalue weighted by Crippen LogP contribution is 2.29. The summed E-state index contributed by atoms with van der Waals surface area (Å²) in [5.74, 6) is -0.375. The molecule has 3 aliphatic rings. The number of amidine groups is 1. The Labute approximate surface area is 179 Å². The van der Waals surface area contributed by atoms with Crippen molar-refractivity contribution in [3.63, 3.8) is 0 Å². The highest BCUT2D eigenvalue weighted by molar-refractivity contribution is 14.1. The predicted molar refractivity (Wildman–Crippen MR) is 113 cm³/mol. The summed E-state index contributed by atoms with van der Waals surface area (Å²) in [6.07, 6.45) is -3.35. The van der Waals surface area contributed by atoms with Crippen molar-refractivity contribution in [1.29, 1.82) is 0 Å². The van der Waals surface area contributed by atoms with E-state index in [1.54, 1.807) is 18.2 Å². The van der Waals surface area contributed by atoms with Crippen LogP contribution in [0.25, 0.3) is 0 Å². The number of aliphatic hydroxyl groups excluding tert-OH is 3. The van der Waals surface area contributed by atoms with Gasteiger partial charge in [0, 0.05) is 9.26 Å². The summed E-state index contributed by atoms with van der Waals surface area (Å²) in [5, 5.41) is 32.3. The van der Waals surface area contributed by atoms with Crippen molar-refractivity contribution in [1.82, 2.24) is 4.90 Å². The first kappa shape index (κ1) is 20.3. The number of hydrogen-bond acceptors (Lipinski definition) is 10. The molecular weight excluding hydrogens is 495 g/mol. The number of rotatable bonds is 4. The lowest BCUT2D eigenvalue weighted by Crippen LogP contribution is -2.61. The average Bonchev–Trinajstić information content (AvgIpc) is 3.24. The zero-order valence-corrected chi connectivity index (χ0v) is 17.2. The van der Waals surface area contributed by atoms with Gasteiger partial charge in [-0.1, -0.05) is 6.07 Å². The number of ether oxygens (including phenoxy) is 1. The minimum Gasteiger partial charge on any atom is -0.394 e. The van der Waals surface area contributed by atoms with Crippen molar-refractivity contribution in [3.05, 3.63) is 27.8 Å². The third kappa shape index (κ3) is 3.45. The van der Waals surface area contributed by atoms with Crippen LogP contribution in [-0.2, 0) is 9.53 Å². The van der Waals surface area contributed by atoms with E-state index in [1.165, 1.54) is 4.90 Å². The molecule has 0 spiro atoms. The Morgan fingerprint density at radius 2 is 2.21 bits per heavy atom. The number of anilines is 1. The Hall–Kier alpha value is -1.97. The molecule has 1 aromatic rings. The lowest BCUT2D eigenvalue weighted by molar-refractivity contribution is -0.118. The molecule has 0 aliphatic carbocycles. The van der Waals surface area contributed by atoms with Crippen LogP contribution in [0.1, 0.15) is 0 Å². The standard InChI is InChI=1S/C17H19IN6O5/c18-8-2-1-3-9(4-8)23-16(28)17(19)13-14(20-6-22-17)24(7-21-13)15-12(27)11(26)10(5-25)29-15/h1-4,6,10-12,15,25-27H,5,7,19H2,(H,23,28)/t10-,11-,12-,15-,17?/m1/s1. The smallest absolute Gasteiger partial charge is 0.273 e. The Bertz CT molecular complexity index is 923. The molecule has 0 aromatic heterocycles. The fourth-order valence-corrected chi connectivity index (χ4v) is 3.92. The van der Waals surface area contributed by atoms with Crippen molar-refractivity contribution in [2.75, 3.05) is 18.6 Å². The Kier molecular flexibility index (Phi) is 5.39. The number of carbonyl (C=O) groups is 1.